The summed E-state index contributed by atoms with van der Waals surface area (Å²) in [5.74, 6) is 0.211. The fraction of sp³-hybridized carbons (Fsp3) is 0.500. The highest BCUT2D eigenvalue weighted by Crippen LogP contribution is 2.15. The maximum atomic E-state index is 11.9. The van der Waals surface area contributed by atoms with E-state index >= 15 is 0 Å². The van der Waals surface area contributed by atoms with Gasteiger partial charge in [0.1, 0.15) is 0 Å². The topological polar surface area (TPSA) is 41.6 Å². The molecule has 19 heavy (non-hydrogen) atoms. The molecule has 0 saturated carbocycles. The van der Waals surface area contributed by atoms with E-state index in [-0.39, 0.29) is 5.91 Å². The van der Waals surface area contributed by atoms with Gasteiger partial charge in [0.15, 0.2) is 0 Å². The van der Waals surface area contributed by atoms with E-state index < -0.39 is 0 Å². The number of nitrogens with one attached hydrogen (secondary N) is 1. The van der Waals surface area contributed by atoms with Gasteiger partial charge in [0.05, 0.1) is 13.2 Å². The van der Waals surface area contributed by atoms with Crippen LogP contribution >= 0.6 is 15.9 Å². The lowest BCUT2D eigenvalue weighted by atomic mass is 10.2. The van der Waals surface area contributed by atoms with Gasteiger partial charge in [-0.05, 0) is 11.6 Å². The average molecular weight is 327 g/mol. The second-order valence-electron chi connectivity index (χ2n) is 4.51. The molecule has 5 heteroatoms. The van der Waals surface area contributed by atoms with Crippen molar-refractivity contribution in [3.63, 3.8) is 0 Å². The largest absolute Gasteiger partial charge is 0.378 e. The Balaban J connectivity index is 1.66. The van der Waals surface area contributed by atoms with E-state index in [1.807, 2.05) is 23.1 Å². The Labute approximate surface area is 122 Å². The summed E-state index contributed by atoms with van der Waals surface area (Å²) in [6.45, 7) is 4.26. The number of morpholine rings is 1. The third kappa shape index (κ3) is 4.60. The van der Waals surface area contributed by atoms with Gasteiger partial charge < -0.3 is 15.0 Å². The second-order valence-corrected chi connectivity index (χ2v) is 5.37. The van der Waals surface area contributed by atoms with Gasteiger partial charge in [-0.15, -0.1) is 0 Å². The zero-order valence-electron chi connectivity index (χ0n) is 10.9. The Morgan fingerprint density at radius 1 is 1.32 bits per heavy atom. The van der Waals surface area contributed by atoms with E-state index in [1.165, 1.54) is 5.56 Å². The van der Waals surface area contributed by atoms with Crippen molar-refractivity contribution in [1.29, 1.82) is 0 Å². The Morgan fingerprint density at radius 2 is 2.05 bits per heavy atom. The molecule has 1 aromatic carbocycles. The summed E-state index contributed by atoms with van der Waals surface area (Å²) in [6, 6.07) is 8.10. The van der Waals surface area contributed by atoms with Gasteiger partial charge in [0, 0.05) is 37.1 Å². The van der Waals surface area contributed by atoms with E-state index in [2.05, 4.69) is 27.3 Å². The number of hydrogen-bond acceptors (Lipinski definition) is 3. The maximum absolute atomic E-state index is 11.9. The fourth-order valence-corrected chi connectivity index (χ4v) is 2.46. The van der Waals surface area contributed by atoms with Gasteiger partial charge in [-0.1, -0.05) is 34.1 Å². The predicted molar refractivity (Wildman–Crippen MR) is 77.9 cm³/mol. The summed E-state index contributed by atoms with van der Waals surface area (Å²) in [4.78, 5) is 13.8. The molecule has 104 valence electrons. The number of hydrogen-bond donors (Lipinski definition) is 1. The Kier molecular flexibility index (Phi) is 5.82. The first-order chi connectivity index (χ1) is 9.27. The van der Waals surface area contributed by atoms with E-state index in [0.717, 1.165) is 24.1 Å². The lowest BCUT2D eigenvalue weighted by Crippen LogP contribution is -2.41. The van der Waals surface area contributed by atoms with Gasteiger partial charge in [-0.3, -0.25) is 4.79 Å². The summed E-state index contributed by atoms with van der Waals surface area (Å²) < 4.78 is 6.33. The van der Waals surface area contributed by atoms with Gasteiger partial charge in [-0.2, -0.15) is 0 Å². The van der Waals surface area contributed by atoms with Crippen molar-refractivity contribution in [2.45, 2.75) is 13.0 Å². The van der Waals surface area contributed by atoms with Crippen LogP contribution in [0.2, 0.25) is 0 Å². The van der Waals surface area contributed by atoms with Crippen LogP contribution in [0.4, 0.5) is 0 Å². The molecule has 1 saturated heterocycles. The highest BCUT2D eigenvalue weighted by Gasteiger charge is 2.15. The molecule has 1 N–H and O–H groups in total. The molecule has 1 fully saturated rings. The van der Waals surface area contributed by atoms with Crippen LogP contribution in [0.1, 0.15) is 12.0 Å². The van der Waals surface area contributed by atoms with Crippen LogP contribution in [-0.4, -0.2) is 43.7 Å². The van der Waals surface area contributed by atoms with Crippen LogP contribution in [0.3, 0.4) is 0 Å². The van der Waals surface area contributed by atoms with Crippen molar-refractivity contribution in [3.8, 4) is 0 Å². The van der Waals surface area contributed by atoms with Crippen LogP contribution in [0.25, 0.3) is 0 Å². The monoisotopic (exact) mass is 326 g/mol. The number of halogens is 1. The highest BCUT2D eigenvalue weighted by atomic mass is 79.9. The van der Waals surface area contributed by atoms with Gasteiger partial charge in [-0.25, -0.2) is 0 Å². The second kappa shape index (κ2) is 7.62. The third-order valence-electron chi connectivity index (χ3n) is 3.15. The Hall–Kier alpha value is -0.910. The SMILES string of the molecule is O=C(CCNCc1ccccc1Br)N1CCOCC1. The minimum absolute atomic E-state index is 0.211. The average Bonchev–Trinajstić information content (AvgIpc) is 2.46. The van der Waals surface area contributed by atoms with Gasteiger partial charge >= 0.3 is 0 Å². The Morgan fingerprint density at radius 3 is 2.79 bits per heavy atom. The third-order valence-corrected chi connectivity index (χ3v) is 3.93. The first kappa shape index (κ1) is 14.5. The number of carbonyl (C=O) groups excluding carboxylic acids is 1. The Bertz CT molecular complexity index is 420. The van der Waals surface area contributed by atoms with Crippen molar-refractivity contribution >= 4 is 21.8 Å². The van der Waals surface area contributed by atoms with Crippen molar-refractivity contribution in [2.75, 3.05) is 32.8 Å². The highest BCUT2D eigenvalue weighted by molar-refractivity contribution is 9.10. The molecule has 0 radical (unpaired) electrons. The zero-order valence-corrected chi connectivity index (χ0v) is 12.5. The molecule has 0 aromatic heterocycles. The molecule has 1 aromatic rings. The van der Waals surface area contributed by atoms with Crippen molar-refractivity contribution in [3.05, 3.63) is 34.3 Å². The van der Waals surface area contributed by atoms with Gasteiger partial charge in [0.25, 0.3) is 0 Å². The van der Waals surface area contributed by atoms with Crippen molar-refractivity contribution in [2.24, 2.45) is 0 Å². The molecule has 0 spiro atoms. The van der Waals surface area contributed by atoms with Crippen LogP contribution in [0.5, 0.6) is 0 Å². The standard InChI is InChI=1S/C14H19BrN2O2/c15-13-4-2-1-3-12(13)11-16-6-5-14(18)17-7-9-19-10-8-17/h1-4,16H,5-11H2. The number of nitrogens with zero attached hydrogens (tertiary/aromatic N) is 1. The molecule has 1 amide bonds. The molecule has 0 unspecified atom stereocenters. The number of rotatable bonds is 5. The molecule has 1 aliphatic rings. The molecule has 1 aliphatic heterocycles. The summed E-state index contributed by atoms with van der Waals surface area (Å²) >= 11 is 3.51. The lowest BCUT2D eigenvalue weighted by Gasteiger charge is -2.26. The number of benzene rings is 1. The molecule has 2 rings (SSSR count). The van der Waals surface area contributed by atoms with E-state index in [0.29, 0.717) is 26.2 Å². The molecule has 0 atom stereocenters. The number of ether oxygens (including phenoxy) is 1. The minimum atomic E-state index is 0.211. The quantitative estimate of drug-likeness (QED) is 0.839. The van der Waals surface area contributed by atoms with Crippen molar-refractivity contribution in [1.82, 2.24) is 10.2 Å². The maximum Gasteiger partial charge on any atom is 0.224 e. The van der Waals surface area contributed by atoms with E-state index in [9.17, 15) is 4.79 Å². The number of amides is 1. The summed E-state index contributed by atoms with van der Waals surface area (Å²) in [6.07, 6.45) is 0.546. The molecule has 0 bridgehead atoms. The first-order valence-corrected chi connectivity index (χ1v) is 7.36. The normalized spacial score (nSPS) is 15.5. The molecule has 1 heterocycles. The summed E-state index contributed by atoms with van der Waals surface area (Å²) in [7, 11) is 0. The van der Waals surface area contributed by atoms with Crippen LogP contribution < -0.4 is 5.32 Å². The smallest absolute Gasteiger partial charge is 0.224 e. The summed E-state index contributed by atoms with van der Waals surface area (Å²) in [5, 5.41) is 3.30. The van der Waals surface area contributed by atoms with Crippen LogP contribution in [0.15, 0.2) is 28.7 Å². The minimum Gasteiger partial charge on any atom is -0.378 e. The van der Waals surface area contributed by atoms with Crippen molar-refractivity contribution < 1.29 is 9.53 Å². The molecule has 0 aliphatic carbocycles. The van der Waals surface area contributed by atoms with Gasteiger partial charge in [0.2, 0.25) is 5.91 Å². The molecule has 4 nitrogen and oxygen atoms in total. The first-order valence-electron chi connectivity index (χ1n) is 6.57. The predicted octanol–water partition coefficient (Wildman–Crippen LogP) is 1.79. The summed E-state index contributed by atoms with van der Waals surface area (Å²) in [5.41, 5.74) is 1.21. The van der Waals surface area contributed by atoms with E-state index in [4.69, 9.17) is 4.74 Å². The van der Waals surface area contributed by atoms with Crippen LogP contribution in [0, 0.1) is 0 Å². The van der Waals surface area contributed by atoms with E-state index in [1.54, 1.807) is 0 Å². The molecular weight excluding hydrogens is 308 g/mol. The van der Waals surface area contributed by atoms with Crippen LogP contribution in [-0.2, 0) is 16.1 Å². The lowest BCUT2D eigenvalue weighted by molar-refractivity contribution is -0.135. The fourth-order valence-electron chi connectivity index (χ4n) is 2.03. The molecular formula is C14H19BrN2O2. The zero-order chi connectivity index (χ0) is 13.5. The number of carbonyl (C=O) groups is 1.